The number of halogens is 7. The van der Waals surface area contributed by atoms with Gasteiger partial charge in [-0.25, -0.2) is 50.1 Å². The van der Waals surface area contributed by atoms with Gasteiger partial charge in [0.25, 0.3) is 0 Å². The van der Waals surface area contributed by atoms with Gasteiger partial charge >= 0.3 is 11.4 Å². The molecular formula is C36H20AlBr2Cl5N4O2. The van der Waals surface area contributed by atoms with Crippen molar-refractivity contribution in [3.8, 4) is 5.75 Å². The number of phenols is 1. The van der Waals surface area contributed by atoms with Gasteiger partial charge in [-0.1, -0.05) is 104 Å². The van der Waals surface area contributed by atoms with E-state index in [-0.39, 0.29) is 10.3 Å². The molecule has 6 aromatic carbocycles. The molecule has 0 saturated heterocycles. The Hall–Kier alpha value is -2.94. The predicted octanol–water partition coefficient (Wildman–Crippen LogP) is 13.4. The number of benzene rings is 6. The van der Waals surface area contributed by atoms with Crippen LogP contribution in [0.1, 0.15) is 0 Å². The van der Waals surface area contributed by atoms with E-state index < -0.39 is 11.4 Å². The van der Waals surface area contributed by atoms with Gasteiger partial charge in [-0.15, -0.1) is 0 Å². The molecule has 50 heavy (non-hydrogen) atoms. The van der Waals surface area contributed by atoms with E-state index in [2.05, 4.69) is 65.0 Å². The standard InChI is InChI=1S/C18H9BrN2O.C10H7BrO.C8H4Cl2N2.Al.3ClH/c19-11-6-7-12-10(9-11)5-8-15-16(12)17-18(22-15)21-14-4-2-1-3-13(14)20-17;11-9-3-1-8-6-10(12)4-2-7(8)5-9;9-7-8(10)12-6-4-2-1-3-5(6)11-7;;;;/h1-9H;1-6,12H;1-4H;;3*1H/q;;;+3;;;/p-3. The second kappa shape index (κ2) is 16.6. The van der Waals surface area contributed by atoms with E-state index in [1.807, 2.05) is 84.9 Å². The van der Waals surface area contributed by atoms with Crippen molar-refractivity contribution in [2.45, 2.75) is 0 Å². The molecule has 9 rings (SSSR count). The average molecular weight is 905 g/mol. The van der Waals surface area contributed by atoms with Gasteiger partial charge in [0.1, 0.15) is 16.8 Å². The Balaban J connectivity index is 0.000000132. The van der Waals surface area contributed by atoms with Gasteiger partial charge in [0.15, 0.2) is 10.3 Å². The molecule has 0 aliphatic heterocycles. The lowest BCUT2D eigenvalue weighted by atomic mass is 10.1. The maximum atomic E-state index is 9.19. The molecule has 0 radical (unpaired) electrons. The van der Waals surface area contributed by atoms with E-state index in [1.165, 1.54) is 0 Å². The van der Waals surface area contributed by atoms with Crippen LogP contribution in [0.5, 0.6) is 5.75 Å². The molecule has 0 aliphatic carbocycles. The molecule has 0 bridgehead atoms. The second-order valence-corrected chi connectivity index (χ2v) is 19.5. The van der Waals surface area contributed by atoms with Crippen LogP contribution in [0, 0.1) is 0 Å². The second-order valence-electron chi connectivity index (χ2n) is 10.5. The third-order valence-electron chi connectivity index (χ3n) is 7.20. The zero-order chi connectivity index (χ0) is 35.4. The highest BCUT2D eigenvalue weighted by Gasteiger charge is 2.14. The number of nitrogens with zero attached hydrogens (tertiary/aromatic N) is 4. The van der Waals surface area contributed by atoms with Crippen LogP contribution in [0.2, 0.25) is 10.3 Å². The molecule has 0 atom stereocenters. The summed E-state index contributed by atoms with van der Waals surface area (Å²) >= 11 is 16.5. The van der Waals surface area contributed by atoms with E-state index in [4.69, 9.17) is 62.8 Å². The summed E-state index contributed by atoms with van der Waals surface area (Å²) in [6, 6.07) is 36.8. The molecule has 0 amide bonds. The van der Waals surface area contributed by atoms with Gasteiger partial charge in [0.2, 0.25) is 5.71 Å². The first-order chi connectivity index (χ1) is 24.0. The fraction of sp³-hybridized carbons (Fsp3) is 0. The maximum absolute atomic E-state index is 9.19. The molecule has 0 aliphatic rings. The lowest BCUT2D eigenvalue weighted by Crippen LogP contribution is -1.85. The van der Waals surface area contributed by atoms with Gasteiger partial charge in [-0.05, 0) is 88.3 Å². The van der Waals surface area contributed by atoms with E-state index in [0.717, 1.165) is 69.0 Å². The van der Waals surface area contributed by atoms with Crippen LogP contribution in [0.4, 0.5) is 0 Å². The first-order valence-electron chi connectivity index (χ1n) is 14.6. The molecular weight excluding hydrogens is 884 g/mol. The fourth-order valence-electron chi connectivity index (χ4n) is 5.09. The Morgan fingerprint density at radius 2 is 1.04 bits per heavy atom. The number of para-hydroxylation sites is 4. The molecule has 3 heterocycles. The van der Waals surface area contributed by atoms with E-state index in [0.29, 0.717) is 11.5 Å². The van der Waals surface area contributed by atoms with Crippen molar-refractivity contribution < 1.29 is 9.52 Å². The Morgan fingerprint density at radius 3 is 1.66 bits per heavy atom. The molecule has 3 aromatic heterocycles. The lowest BCUT2D eigenvalue weighted by Gasteiger charge is -2.00. The summed E-state index contributed by atoms with van der Waals surface area (Å²) in [7, 11) is 14.8. The number of hydrogen-bond acceptors (Lipinski definition) is 6. The third-order valence-corrected chi connectivity index (χ3v) is 8.81. The molecule has 14 heteroatoms. The van der Waals surface area contributed by atoms with Gasteiger partial charge in [-0.2, -0.15) is 0 Å². The van der Waals surface area contributed by atoms with Crippen molar-refractivity contribution in [3.05, 3.63) is 135 Å². The first-order valence-corrected chi connectivity index (χ1v) is 22.2. The van der Waals surface area contributed by atoms with Gasteiger partial charge < -0.3 is 9.52 Å². The highest BCUT2D eigenvalue weighted by Crippen LogP contribution is 2.34. The summed E-state index contributed by atoms with van der Waals surface area (Å²) < 4.78 is 8.03. The largest absolute Gasteiger partial charge is 0.643 e. The Kier molecular flexibility index (Phi) is 12.2. The smallest absolute Gasteiger partial charge is 0.508 e. The molecule has 1 N–H and O–H groups in total. The van der Waals surface area contributed by atoms with Crippen LogP contribution in [-0.4, -0.2) is 36.4 Å². The van der Waals surface area contributed by atoms with E-state index >= 15 is 0 Å². The number of aromatic nitrogens is 4. The highest BCUT2D eigenvalue weighted by atomic mass is 79.9. The predicted molar refractivity (Wildman–Crippen MR) is 218 cm³/mol. The summed E-state index contributed by atoms with van der Waals surface area (Å²) in [6.07, 6.45) is 0. The number of rotatable bonds is 0. The number of furan rings is 1. The van der Waals surface area contributed by atoms with E-state index in [9.17, 15) is 5.11 Å². The van der Waals surface area contributed by atoms with Crippen molar-refractivity contribution in [2.75, 3.05) is 0 Å². The summed E-state index contributed by atoms with van der Waals surface area (Å²) in [4.78, 5) is 17.5. The van der Waals surface area contributed by atoms with Crippen LogP contribution >= 0.6 is 85.2 Å². The highest BCUT2D eigenvalue weighted by molar-refractivity contribution is 9.10. The minimum atomic E-state index is -1.72. The van der Waals surface area contributed by atoms with Crippen molar-refractivity contribution in [2.24, 2.45) is 0 Å². The quantitative estimate of drug-likeness (QED) is 0.153. The number of aromatic hydroxyl groups is 1. The minimum Gasteiger partial charge on any atom is -0.508 e. The first kappa shape index (κ1) is 36.8. The average Bonchev–Trinajstić information content (AvgIpc) is 3.46. The van der Waals surface area contributed by atoms with Gasteiger partial charge in [-0.3, -0.25) is 0 Å². The zero-order valence-corrected chi connectivity index (χ0v) is 33.4. The lowest BCUT2D eigenvalue weighted by molar-refractivity contribution is 0.476. The number of phenolic OH excluding ortho intramolecular Hbond substituents is 1. The number of fused-ring (bicyclic) bond motifs is 8. The van der Waals surface area contributed by atoms with Crippen molar-refractivity contribution >= 4 is 162 Å². The van der Waals surface area contributed by atoms with Crippen LogP contribution in [0.15, 0.2) is 129 Å². The fourth-order valence-corrected chi connectivity index (χ4v) is 6.12. The Labute approximate surface area is 329 Å². The van der Waals surface area contributed by atoms with Crippen LogP contribution in [0.3, 0.4) is 0 Å². The monoisotopic (exact) mass is 900 g/mol. The van der Waals surface area contributed by atoms with Crippen LogP contribution in [-0.2, 0) is 0 Å². The van der Waals surface area contributed by atoms with Crippen molar-refractivity contribution in [1.82, 2.24) is 19.9 Å². The normalized spacial score (nSPS) is 10.8. The van der Waals surface area contributed by atoms with Crippen molar-refractivity contribution in [3.63, 3.8) is 0 Å². The Bertz CT molecular complexity index is 2560. The van der Waals surface area contributed by atoms with Crippen LogP contribution < -0.4 is 0 Å². The van der Waals surface area contributed by atoms with Gasteiger partial charge in [0.05, 0.1) is 27.5 Å². The summed E-state index contributed by atoms with van der Waals surface area (Å²) in [5.41, 5.74) is 5.47. The van der Waals surface area contributed by atoms with Crippen molar-refractivity contribution in [1.29, 1.82) is 0 Å². The molecule has 248 valence electrons. The molecule has 9 aromatic rings. The van der Waals surface area contributed by atoms with Gasteiger partial charge in [0, 0.05) is 8.95 Å². The topological polar surface area (TPSA) is 84.9 Å². The molecule has 0 unspecified atom stereocenters. The third kappa shape index (κ3) is 8.92. The summed E-state index contributed by atoms with van der Waals surface area (Å²) in [6.45, 7) is 0. The zero-order valence-electron chi connectivity index (χ0n) is 25.3. The van der Waals surface area contributed by atoms with E-state index in [1.54, 1.807) is 12.1 Å². The molecule has 0 saturated carbocycles. The Morgan fingerprint density at radius 1 is 0.560 bits per heavy atom. The SMILES string of the molecule is Brc1ccc2c(ccc3oc4nc5ccccc5nc4c32)c1.Clc1nc2ccccc2nc1Cl.Oc1ccc2cc(Br)ccc2c1.[Cl][Al]([Cl])[Cl]. The summed E-state index contributed by atoms with van der Waals surface area (Å²) in [5, 5.41) is 15.2. The molecule has 0 fully saturated rings. The number of hydrogen-bond donors (Lipinski definition) is 1. The molecule has 0 spiro atoms. The molecule has 6 nitrogen and oxygen atoms in total. The van der Waals surface area contributed by atoms with Crippen LogP contribution in [0.25, 0.3) is 65.8 Å². The maximum Gasteiger partial charge on any atom is 0.643 e. The minimum absolute atomic E-state index is 0.246. The summed E-state index contributed by atoms with van der Waals surface area (Å²) in [5.74, 6) is 0.310.